The lowest BCUT2D eigenvalue weighted by atomic mass is 10.0. The van der Waals surface area contributed by atoms with Crippen molar-refractivity contribution >= 4 is 17.7 Å². The topological polar surface area (TPSA) is 64.2 Å². The molecule has 1 fully saturated rings. The molecule has 0 radical (unpaired) electrons. The molecular formula is C20H28N4OS. The number of benzene rings is 1. The summed E-state index contributed by atoms with van der Waals surface area (Å²) in [6, 6.07) is 10.3. The van der Waals surface area contributed by atoms with Crippen LogP contribution in [0.5, 0.6) is 0 Å². The molecule has 3 rings (SSSR count). The predicted molar refractivity (Wildman–Crippen MR) is 107 cm³/mol. The number of nitrogens with zero attached hydrogens (tertiary/aromatic N) is 3. The molecule has 6 heteroatoms. The van der Waals surface area contributed by atoms with Crippen LogP contribution in [0.3, 0.4) is 0 Å². The van der Waals surface area contributed by atoms with Crippen molar-refractivity contribution in [3.05, 3.63) is 36.5 Å². The van der Waals surface area contributed by atoms with E-state index in [4.69, 9.17) is 5.84 Å². The highest BCUT2D eigenvalue weighted by molar-refractivity contribution is 8.00. The molecule has 1 saturated heterocycles. The van der Waals surface area contributed by atoms with Gasteiger partial charge in [-0.3, -0.25) is 4.79 Å². The zero-order valence-corrected chi connectivity index (χ0v) is 16.6. The number of imidazole rings is 1. The highest BCUT2D eigenvalue weighted by Crippen LogP contribution is 2.32. The minimum atomic E-state index is -0.177. The number of hydrogen-bond acceptors (Lipinski definition) is 4. The monoisotopic (exact) mass is 372 g/mol. The Hall–Kier alpha value is -1.95. The summed E-state index contributed by atoms with van der Waals surface area (Å²) in [6.45, 7) is 7.19. The standard InChI is InChI=1S/C20H28N4OS/c1-14(2)18(19(25)23-12-8-7-9-15(23)3)26-20-22-17(13-24(20)21)16-10-5-4-6-11-16/h4-6,10-11,13-15,18H,7-9,12,21H2,1-3H3/t15-,18-/m1/s1. The number of piperidine rings is 1. The summed E-state index contributed by atoms with van der Waals surface area (Å²) in [7, 11) is 0. The van der Waals surface area contributed by atoms with Crippen molar-refractivity contribution in [3.63, 3.8) is 0 Å². The van der Waals surface area contributed by atoms with Gasteiger partial charge in [0, 0.05) is 18.2 Å². The van der Waals surface area contributed by atoms with Gasteiger partial charge in [-0.05, 0) is 32.1 Å². The molecule has 2 atom stereocenters. The first-order chi connectivity index (χ1) is 12.5. The summed E-state index contributed by atoms with van der Waals surface area (Å²) in [6.07, 6.45) is 5.21. The number of amides is 1. The highest BCUT2D eigenvalue weighted by Gasteiger charge is 2.33. The summed E-state index contributed by atoms with van der Waals surface area (Å²) in [5.41, 5.74) is 1.85. The van der Waals surface area contributed by atoms with Gasteiger partial charge in [-0.1, -0.05) is 55.9 Å². The minimum absolute atomic E-state index is 0.177. The van der Waals surface area contributed by atoms with E-state index in [1.165, 1.54) is 22.9 Å². The van der Waals surface area contributed by atoms with Gasteiger partial charge < -0.3 is 10.7 Å². The molecule has 1 aromatic heterocycles. The van der Waals surface area contributed by atoms with Crippen molar-refractivity contribution < 1.29 is 4.79 Å². The third kappa shape index (κ3) is 4.06. The third-order valence-corrected chi connectivity index (χ3v) is 6.45. The van der Waals surface area contributed by atoms with Crippen molar-refractivity contribution in [1.29, 1.82) is 0 Å². The molecule has 1 aliphatic heterocycles. The normalized spacial score (nSPS) is 18.9. The molecule has 0 bridgehead atoms. The van der Waals surface area contributed by atoms with Gasteiger partial charge in [-0.25, -0.2) is 9.66 Å². The van der Waals surface area contributed by atoms with Crippen molar-refractivity contribution in [3.8, 4) is 11.3 Å². The van der Waals surface area contributed by atoms with Crippen LogP contribution < -0.4 is 5.84 Å². The largest absolute Gasteiger partial charge is 0.339 e. The van der Waals surface area contributed by atoms with E-state index >= 15 is 0 Å². The number of carbonyl (C=O) groups is 1. The van der Waals surface area contributed by atoms with Crippen LogP contribution in [-0.2, 0) is 4.79 Å². The van der Waals surface area contributed by atoms with Crippen molar-refractivity contribution in [1.82, 2.24) is 14.6 Å². The predicted octanol–water partition coefficient (Wildman–Crippen LogP) is 3.78. The third-order valence-electron chi connectivity index (χ3n) is 4.94. The SMILES string of the molecule is CC(C)[C@@H](Sc1nc(-c2ccccc2)cn1N)C(=O)N1CCCC[C@H]1C. The van der Waals surface area contributed by atoms with E-state index in [0.717, 1.165) is 30.6 Å². The molecule has 140 valence electrons. The van der Waals surface area contributed by atoms with Crippen molar-refractivity contribution in [2.45, 2.75) is 56.5 Å². The quantitative estimate of drug-likeness (QED) is 0.641. The molecule has 26 heavy (non-hydrogen) atoms. The second kappa shape index (κ2) is 8.16. The van der Waals surface area contributed by atoms with E-state index in [1.807, 2.05) is 41.4 Å². The Balaban J connectivity index is 1.80. The molecule has 1 aliphatic rings. The summed E-state index contributed by atoms with van der Waals surface area (Å²) < 4.78 is 1.54. The lowest BCUT2D eigenvalue weighted by molar-refractivity contribution is -0.134. The fourth-order valence-electron chi connectivity index (χ4n) is 3.39. The van der Waals surface area contributed by atoms with Gasteiger partial charge in [0.05, 0.1) is 17.1 Å². The maximum absolute atomic E-state index is 13.2. The van der Waals surface area contributed by atoms with Crippen LogP contribution in [-0.4, -0.2) is 38.3 Å². The lowest BCUT2D eigenvalue weighted by Gasteiger charge is -2.36. The molecule has 0 spiro atoms. The van der Waals surface area contributed by atoms with Crippen molar-refractivity contribution in [2.75, 3.05) is 12.4 Å². The van der Waals surface area contributed by atoms with Crippen LogP contribution >= 0.6 is 11.8 Å². The average Bonchev–Trinajstić information content (AvgIpc) is 3.00. The Bertz CT molecular complexity index is 744. The number of carbonyl (C=O) groups excluding carboxylic acids is 1. The van der Waals surface area contributed by atoms with Crippen LogP contribution in [0.4, 0.5) is 0 Å². The maximum atomic E-state index is 13.2. The molecule has 2 N–H and O–H groups in total. The van der Waals surface area contributed by atoms with E-state index in [0.29, 0.717) is 11.2 Å². The van der Waals surface area contributed by atoms with Crippen LogP contribution in [0.25, 0.3) is 11.3 Å². The minimum Gasteiger partial charge on any atom is -0.339 e. The number of nitrogens with two attached hydrogens (primary N) is 1. The number of nitrogen functional groups attached to an aromatic ring is 1. The lowest BCUT2D eigenvalue weighted by Crippen LogP contribution is -2.47. The smallest absolute Gasteiger partial charge is 0.236 e. The van der Waals surface area contributed by atoms with Crippen LogP contribution in [0.15, 0.2) is 41.7 Å². The highest BCUT2D eigenvalue weighted by atomic mass is 32.2. The number of likely N-dealkylation sites (tertiary alicyclic amines) is 1. The number of aromatic nitrogens is 2. The second-order valence-corrected chi connectivity index (χ2v) is 8.45. The molecular weight excluding hydrogens is 344 g/mol. The van der Waals surface area contributed by atoms with Gasteiger partial charge >= 0.3 is 0 Å². The van der Waals surface area contributed by atoms with Gasteiger partial charge in [0.15, 0.2) is 5.16 Å². The van der Waals surface area contributed by atoms with Gasteiger partial charge in [-0.15, -0.1) is 0 Å². The Morgan fingerprint density at radius 3 is 2.65 bits per heavy atom. The van der Waals surface area contributed by atoms with E-state index in [9.17, 15) is 4.79 Å². The average molecular weight is 373 g/mol. The van der Waals surface area contributed by atoms with Crippen LogP contribution in [0.1, 0.15) is 40.0 Å². The summed E-state index contributed by atoms with van der Waals surface area (Å²) >= 11 is 1.48. The zero-order valence-electron chi connectivity index (χ0n) is 15.8. The van der Waals surface area contributed by atoms with Gasteiger partial charge in [-0.2, -0.15) is 0 Å². The van der Waals surface area contributed by atoms with E-state index in [-0.39, 0.29) is 17.1 Å². The second-order valence-electron chi connectivity index (χ2n) is 7.34. The molecule has 0 unspecified atom stereocenters. The van der Waals surface area contributed by atoms with Crippen molar-refractivity contribution in [2.24, 2.45) is 5.92 Å². The fourth-order valence-corrected chi connectivity index (χ4v) is 4.45. The molecule has 1 amide bonds. The molecule has 0 aliphatic carbocycles. The Morgan fingerprint density at radius 1 is 1.27 bits per heavy atom. The number of thioether (sulfide) groups is 1. The number of rotatable bonds is 5. The van der Waals surface area contributed by atoms with E-state index in [2.05, 4.69) is 25.8 Å². The van der Waals surface area contributed by atoms with Crippen LogP contribution in [0.2, 0.25) is 0 Å². The van der Waals surface area contributed by atoms with E-state index in [1.54, 1.807) is 0 Å². The zero-order chi connectivity index (χ0) is 18.7. The Labute approximate surface area is 159 Å². The summed E-state index contributed by atoms with van der Waals surface area (Å²) in [5.74, 6) is 6.56. The molecule has 0 saturated carbocycles. The van der Waals surface area contributed by atoms with Gasteiger partial charge in [0.1, 0.15) is 0 Å². The maximum Gasteiger partial charge on any atom is 0.236 e. The number of hydrogen-bond donors (Lipinski definition) is 1. The summed E-state index contributed by atoms with van der Waals surface area (Å²) in [4.78, 5) is 19.9. The molecule has 2 heterocycles. The van der Waals surface area contributed by atoms with Crippen LogP contribution in [0, 0.1) is 5.92 Å². The Morgan fingerprint density at radius 2 is 2.00 bits per heavy atom. The van der Waals surface area contributed by atoms with Gasteiger partial charge in [0.25, 0.3) is 0 Å². The first-order valence-corrected chi connectivity index (χ1v) is 10.2. The molecule has 2 aromatic rings. The fraction of sp³-hybridized carbons (Fsp3) is 0.500. The summed E-state index contributed by atoms with van der Waals surface area (Å²) in [5, 5.41) is 0.504. The molecule has 5 nitrogen and oxygen atoms in total. The Kier molecular flexibility index (Phi) is 5.91. The molecule has 1 aromatic carbocycles. The first-order valence-electron chi connectivity index (χ1n) is 9.34. The van der Waals surface area contributed by atoms with Gasteiger partial charge in [0.2, 0.25) is 5.91 Å². The van der Waals surface area contributed by atoms with E-state index < -0.39 is 0 Å². The first kappa shape index (κ1) is 18.8.